The van der Waals surface area contributed by atoms with Crippen molar-refractivity contribution in [3.63, 3.8) is 0 Å². The van der Waals surface area contributed by atoms with E-state index in [1.807, 2.05) is 184 Å². The minimum Gasteiger partial charge on any atom is -0.507 e. The number of aromatic hydroxyl groups is 4. The second kappa shape index (κ2) is 14.8. The van der Waals surface area contributed by atoms with E-state index in [2.05, 4.69) is 0 Å². The number of phenolic OH excluding ortho intramolecular Hbond substituents is 4. The molecule has 0 atom stereocenters. The van der Waals surface area contributed by atoms with Crippen molar-refractivity contribution in [3.05, 3.63) is 193 Å². The Morgan fingerprint density at radius 2 is 0.586 bits per heavy atom. The van der Waals surface area contributed by atoms with E-state index in [0.29, 0.717) is 22.3 Å². The maximum absolute atomic E-state index is 11.5. The van der Waals surface area contributed by atoms with E-state index in [4.69, 9.17) is 0 Å². The van der Waals surface area contributed by atoms with E-state index in [0.717, 1.165) is 76.5 Å². The van der Waals surface area contributed by atoms with Crippen molar-refractivity contribution in [2.75, 3.05) is 0 Å². The second-order valence-electron chi connectivity index (χ2n) is 14.7. The van der Waals surface area contributed by atoms with Gasteiger partial charge in [-0.25, -0.2) is 0 Å². The topological polar surface area (TPSA) is 80.9 Å². The van der Waals surface area contributed by atoms with Gasteiger partial charge < -0.3 is 20.4 Å². The van der Waals surface area contributed by atoms with Gasteiger partial charge in [0.2, 0.25) is 0 Å². The molecule has 4 heteroatoms. The van der Waals surface area contributed by atoms with Gasteiger partial charge in [-0.05, 0) is 103 Å². The van der Waals surface area contributed by atoms with Crippen LogP contribution in [0.2, 0.25) is 0 Å². The molecule has 10 aromatic rings. The smallest absolute Gasteiger partial charge is 0.132 e. The average Bonchev–Trinajstić information content (AvgIpc) is 3.25. The lowest BCUT2D eigenvalue weighted by Gasteiger charge is -2.18. The van der Waals surface area contributed by atoms with Crippen molar-refractivity contribution < 1.29 is 20.4 Å². The molecule has 0 aliphatic heterocycles. The van der Waals surface area contributed by atoms with Crippen LogP contribution < -0.4 is 0 Å². The van der Waals surface area contributed by atoms with E-state index < -0.39 is 0 Å². The summed E-state index contributed by atoms with van der Waals surface area (Å²) in [5.74, 6) is 0.687. The number of rotatable bonds is 4. The van der Waals surface area contributed by atoms with Gasteiger partial charge in [0, 0.05) is 33.4 Å². The summed E-state index contributed by atoms with van der Waals surface area (Å²) < 4.78 is 0. The summed E-state index contributed by atoms with van der Waals surface area (Å²) in [7, 11) is 0. The highest BCUT2D eigenvalue weighted by Crippen LogP contribution is 2.50. The van der Waals surface area contributed by atoms with Gasteiger partial charge in [-0.2, -0.15) is 0 Å². The minimum absolute atomic E-state index is 0.158. The molecule has 58 heavy (non-hydrogen) atoms. The second-order valence-corrected chi connectivity index (χ2v) is 14.7. The van der Waals surface area contributed by atoms with Crippen molar-refractivity contribution >= 4 is 43.1 Å². The Kier molecular flexibility index (Phi) is 9.23. The summed E-state index contributed by atoms with van der Waals surface area (Å²) >= 11 is 0. The van der Waals surface area contributed by atoms with Gasteiger partial charge in [0.15, 0.2) is 0 Å². The highest BCUT2D eigenvalue weighted by Gasteiger charge is 2.22. The molecule has 0 fully saturated rings. The lowest BCUT2D eigenvalue weighted by atomic mass is 9.88. The van der Waals surface area contributed by atoms with Crippen LogP contribution in [0.15, 0.2) is 182 Å². The molecule has 0 radical (unpaired) electrons. The molecule has 0 bridgehead atoms. The molecule has 10 aromatic carbocycles. The third-order valence-corrected chi connectivity index (χ3v) is 11.2. The first-order valence-corrected chi connectivity index (χ1v) is 19.3. The molecule has 0 amide bonds. The molecule has 0 heterocycles. The van der Waals surface area contributed by atoms with Crippen LogP contribution in [0.25, 0.3) is 87.6 Å². The zero-order valence-corrected chi connectivity index (χ0v) is 32.1. The molecular weight excluding hydrogens is 713 g/mol. The highest BCUT2D eigenvalue weighted by molar-refractivity contribution is 6.13. The maximum atomic E-state index is 11.5. The molecule has 0 aromatic heterocycles. The molecule has 4 nitrogen and oxygen atoms in total. The number of fused-ring (bicyclic) bond motifs is 4. The largest absolute Gasteiger partial charge is 0.507 e. The summed E-state index contributed by atoms with van der Waals surface area (Å²) in [5, 5.41) is 52.4. The van der Waals surface area contributed by atoms with Crippen LogP contribution in [0, 0.1) is 13.8 Å². The van der Waals surface area contributed by atoms with Crippen LogP contribution in [0.3, 0.4) is 0 Å². The first kappa shape index (κ1) is 36.1. The van der Waals surface area contributed by atoms with E-state index in [-0.39, 0.29) is 23.0 Å². The van der Waals surface area contributed by atoms with Gasteiger partial charge in [-0.1, -0.05) is 158 Å². The SMILES string of the molecule is Cc1ccccc1-c1cc2ccccc2c(-c2c(O)ccc3ccccc23)c1O.Cc1ccccc1-c1cc2ccccc2c(-c2c(O)ccc3ccccc23)c1O. The van der Waals surface area contributed by atoms with Crippen LogP contribution >= 0.6 is 0 Å². The first-order chi connectivity index (χ1) is 28.3. The number of aryl methyl sites for hydroxylation is 2. The lowest BCUT2D eigenvalue weighted by Crippen LogP contribution is -1.91. The highest BCUT2D eigenvalue weighted by atomic mass is 16.3. The summed E-state index contributed by atoms with van der Waals surface area (Å²) in [6, 6.07) is 59.2. The zero-order valence-electron chi connectivity index (χ0n) is 32.1. The van der Waals surface area contributed by atoms with Crippen molar-refractivity contribution in [3.8, 4) is 67.5 Å². The number of phenols is 4. The molecule has 0 saturated carbocycles. The zero-order chi connectivity index (χ0) is 39.9. The lowest BCUT2D eigenvalue weighted by molar-refractivity contribution is 0.471. The minimum atomic E-state index is 0.158. The van der Waals surface area contributed by atoms with Gasteiger partial charge in [-0.15, -0.1) is 0 Å². The molecule has 10 rings (SSSR count). The molecule has 0 spiro atoms. The summed E-state index contributed by atoms with van der Waals surface area (Å²) in [6.45, 7) is 4.08. The summed E-state index contributed by atoms with van der Waals surface area (Å²) in [4.78, 5) is 0. The molecule has 280 valence electrons. The third kappa shape index (κ3) is 6.22. The Labute approximate surface area is 336 Å². The quantitative estimate of drug-likeness (QED) is 0.144. The van der Waals surface area contributed by atoms with Gasteiger partial charge in [0.25, 0.3) is 0 Å². The summed E-state index contributed by atoms with van der Waals surface area (Å²) in [6.07, 6.45) is 0. The van der Waals surface area contributed by atoms with Crippen molar-refractivity contribution in [1.82, 2.24) is 0 Å². The van der Waals surface area contributed by atoms with Crippen molar-refractivity contribution in [2.24, 2.45) is 0 Å². The molecule has 0 saturated heterocycles. The third-order valence-electron chi connectivity index (χ3n) is 11.2. The maximum Gasteiger partial charge on any atom is 0.132 e. The fourth-order valence-corrected chi connectivity index (χ4v) is 8.39. The first-order valence-electron chi connectivity index (χ1n) is 19.3. The Morgan fingerprint density at radius 3 is 0.966 bits per heavy atom. The van der Waals surface area contributed by atoms with Crippen molar-refractivity contribution in [1.29, 1.82) is 0 Å². The molecule has 0 aliphatic rings. The molecule has 4 N–H and O–H groups in total. The standard InChI is InChI=1S/2C27H20O2/c2*1-17-8-2-5-11-20(17)23-16-19-10-4-7-13-22(19)26(27(23)29)25-21-12-6-3-9-18(21)14-15-24(25)28/h2*2-16,28-29H,1H3. The Morgan fingerprint density at radius 1 is 0.276 bits per heavy atom. The average molecular weight is 753 g/mol. The Balaban J connectivity index is 0.000000150. The fourth-order valence-electron chi connectivity index (χ4n) is 8.39. The number of hydrogen-bond acceptors (Lipinski definition) is 4. The van der Waals surface area contributed by atoms with E-state index in [1.54, 1.807) is 12.1 Å². The van der Waals surface area contributed by atoms with Crippen LogP contribution in [-0.4, -0.2) is 20.4 Å². The van der Waals surface area contributed by atoms with Crippen LogP contribution in [0.1, 0.15) is 11.1 Å². The number of hydrogen-bond donors (Lipinski definition) is 4. The predicted octanol–water partition coefficient (Wildman–Crippen LogP) is 14.1. The fraction of sp³-hybridized carbons (Fsp3) is 0.0370. The van der Waals surface area contributed by atoms with Crippen LogP contribution in [-0.2, 0) is 0 Å². The molecule has 0 unspecified atom stereocenters. The summed E-state index contributed by atoms with van der Waals surface area (Å²) in [5.41, 5.74) is 8.32. The predicted molar refractivity (Wildman–Crippen MR) is 241 cm³/mol. The van der Waals surface area contributed by atoms with Gasteiger partial charge in [0.05, 0.1) is 0 Å². The van der Waals surface area contributed by atoms with E-state index in [9.17, 15) is 20.4 Å². The van der Waals surface area contributed by atoms with Crippen LogP contribution in [0.4, 0.5) is 0 Å². The van der Waals surface area contributed by atoms with E-state index in [1.165, 1.54) is 0 Å². The van der Waals surface area contributed by atoms with Crippen molar-refractivity contribution in [2.45, 2.75) is 13.8 Å². The van der Waals surface area contributed by atoms with E-state index >= 15 is 0 Å². The van der Waals surface area contributed by atoms with Crippen LogP contribution in [0.5, 0.6) is 23.0 Å². The normalized spacial score (nSPS) is 11.2. The monoisotopic (exact) mass is 752 g/mol. The Bertz CT molecular complexity index is 2980. The van der Waals surface area contributed by atoms with Gasteiger partial charge >= 0.3 is 0 Å². The van der Waals surface area contributed by atoms with Gasteiger partial charge in [-0.3, -0.25) is 0 Å². The molecular formula is C54H40O4. The van der Waals surface area contributed by atoms with Gasteiger partial charge in [0.1, 0.15) is 23.0 Å². The molecule has 0 aliphatic carbocycles. The Hall–Kier alpha value is -7.56. The number of benzene rings is 10.